The lowest BCUT2D eigenvalue weighted by Crippen LogP contribution is -2.34. The summed E-state index contributed by atoms with van der Waals surface area (Å²) in [5, 5.41) is 5.53. The highest BCUT2D eigenvalue weighted by Crippen LogP contribution is 2.15. The molecule has 0 radical (unpaired) electrons. The first kappa shape index (κ1) is 15.5. The molecule has 1 unspecified atom stereocenters. The van der Waals surface area contributed by atoms with E-state index in [-0.39, 0.29) is 24.3 Å². The van der Waals surface area contributed by atoms with Crippen molar-refractivity contribution in [2.24, 2.45) is 0 Å². The first-order chi connectivity index (χ1) is 10.2. The summed E-state index contributed by atoms with van der Waals surface area (Å²) < 4.78 is 5.42. The summed E-state index contributed by atoms with van der Waals surface area (Å²) in [6, 6.07) is 7.61. The van der Waals surface area contributed by atoms with Gasteiger partial charge in [-0.1, -0.05) is 25.1 Å². The quantitative estimate of drug-likeness (QED) is 0.786. The maximum Gasteiger partial charge on any atom is 0.233 e. The summed E-state index contributed by atoms with van der Waals surface area (Å²) in [7, 11) is 0. The lowest BCUT2D eigenvalue weighted by atomic mass is 10.1. The van der Waals surface area contributed by atoms with E-state index >= 15 is 0 Å². The zero-order chi connectivity index (χ0) is 15.1. The van der Waals surface area contributed by atoms with E-state index in [1.165, 1.54) is 0 Å². The van der Waals surface area contributed by atoms with Crippen LogP contribution in [-0.4, -0.2) is 31.1 Å². The average Bonchev–Trinajstić information content (AvgIpc) is 2.99. The molecule has 0 aromatic heterocycles. The van der Waals surface area contributed by atoms with Crippen LogP contribution in [0.15, 0.2) is 24.3 Å². The van der Waals surface area contributed by atoms with Gasteiger partial charge in [0.25, 0.3) is 0 Å². The number of anilines is 1. The fourth-order valence-corrected chi connectivity index (χ4v) is 2.39. The fourth-order valence-electron chi connectivity index (χ4n) is 2.39. The molecule has 2 rings (SSSR count). The molecule has 1 aliphatic heterocycles. The second kappa shape index (κ2) is 7.78. The highest BCUT2D eigenvalue weighted by Gasteiger charge is 2.17. The third-order valence-corrected chi connectivity index (χ3v) is 3.54. The molecule has 1 saturated heterocycles. The number of hydrogen-bond donors (Lipinski definition) is 2. The van der Waals surface area contributed by atoms with Crippen LogP contribution in [0.5, 0.6) is 0 Å². The molecule has 0 spiro atoms. The van der Waals surface area contributed by atoms with Crippen LogP contribution in [0.3, 0.4) is 0 Å². The van der Waals surface area contributed by atoms with Crippen LogP contribution in [0.25, 0.3) is 0 Å². The molecule has 1 atom stereocenters. The van der Waals surface area contributed by atoms with Crippen molar-refractivity contribution in [2.45, 2.75) is 38.7 Å². The van der Waals surface area contributed by atoms with Gasteiger partial charge in [-0.25, -0.2) is 0 Å². The summed E-state index contributed by atoms with van der Waals surface area (Å²) in [6.45, 7) is 3.27. The molecule has 0 aliphatic carbocycles. The number of amides is 2. The molecule has 114 valence electrons. The second-order valence-electron chi connectivity index (χ2n) is 5.17. The normalized spacial score (nSPS) is 17.5. The largest absolute Gasteiger partial charge is 0.376 e. The average molecular weight is 290 g/mol. The summed E-state index contributed by atoms with van der Waals surface area (Å²) in [4.78, 5) is 23.6. The van der Waals surface area contributed by atoms with Gasteiger partial charge in [-0.05, 0) is 30.9 Å². The fraction of sp³-hybridized carbons (Fsp3) is 0.500. The van der Waals surface area contributed by atoms with E-state index in [0.717, 1.165) is 37.1 Å². The minimum Gasteiger partial charge on any atom is -0.376 e. The Hall–Kier alpha value is -1.88. The molecule has 2 amide bonds. The van der Waals surface area contributed by atoms with Gasteiger partial charge in [0, 0.05) is 18.8 Å². The first-order valence-corrected chi connectivity index (χ1v) is 7.45. The molecule has 1 aromatic carbocycles. The smallest absolute Gasteiger partial charge is 0.233 e. The number of hydrogen-bond acceptors (Lipinski definition) is 3. The molecule has 0 saturated carbocycles. The number of carbonyl (C=O) groups is 2. The second-order valence-corrected chi connectivity index (χ2v) is 5.17. The van der Waals surface area contributed by atoms with Crippen LogP contribution in [-0.2, 0) is 20.7 Å². The Labute approximate surface area is 125 Å². The van der Waals surface area contributed by atoms with Gasteiger partial charge in [0.15, 0.2) is 0 Å². The van der Waals surface area contributed by atoms with Crippen LogP contribution in [0, 0.1) is 0 Å². The maximum atomic E-state index is 11.9. The molecule has 5 heteroatoms. The Bertz CT molecular complexity index is 496. The molecule has 1 aromatic rings. The minimum atomic E-state index is -0.291. The number of benzene rings is 1. The van der Waals surface area contributed by atoms with E-state index in [9.17, 15) is 9.59 Å². The molecule has 21 heavy (non-hydrogen) atoms. The van der Waals surface area contributed by atoms with E-state index in [2.05, 4.69) is 10.6 Å². The van der Waals surface area contributed by atoms with Gasteiger partial charge < -0.3 is 15.4 Å². The van der Waals surface area contributed by atoms with Crippen molar-refractivity contribution in [1.82, 2.24) is 5.32 Å². The molecule has 1 heterocycles. The SMILES string of the molecule is CCc1ccccc1NC(=O)CC(=O)NCC1CCCO1. The Morgan fingerprint density at radius 3 is 2.81 bits per heavy atom. The zero-order valence-electron chi connectivity index (χ0n) is 12.4. The predicted molar refractivity (Wildman–Crippen MR) is 81.1 cm³/mol. The third-order valence-electron chi connectivity index (χ3n) is 3.54. The van der Waals surface area contributed by atoms with Gasteiger partial charge in [-0.2, -0.15) is 0 Å². The van der Waals surface area contributed by atoms with Gasteiger partial charge in [0.05, 0.1) is 6.10 Å². The van der Waals surface area contributed by atoms with Crippen LogP contribution in [0.1, 0.15) is 31.7 Å². The molecule has 0 bridgehead atoms. The molecule has 1 aliphatic rings. The van der Waals surface area contributed by atoms with Gasteiger partial charge in [-0.3, -0.25) is 9.59 Å². The Morgan fingerprint density at radius 2 is 2.10 bits per heavy atom. The maximum absolute atomic E-state index is 11.9. The first-order valence-electron chi connectivity index (χ1n) is 7.45. The van der Waals surface area contributed by atoms with Crippen molar-refractivity contribution in [2.75, 3.05) is 18.5 Å². The summed E-state index contributed by atoms with van der Waals surface area (Å²) in [6.07, 6.45) is 2.77. The zero-order valence-corrected chi connectivity index (χ0v) is 12.4. The molecular weight excluding hydrogens is 268 g/mol. The number of rotatable bonds is 6. The number of nitrogens with one attached hydrogen (secondary N) is 2. The van der Waals surface area contributed by atoms with E-state index in [4.69, 9.17) is 4.74 Å². The van der Waals surface area contributed by atoms with Crippen LogP contribution < -0.4 is 10.6 Å². The highest BCUT2D eigenvalue weighted by molar-refractivity contribution is 6.03. The van der Waals surface area contributed by atoms with E-state index in [1.807, 2.05) is 31.2 Å². The Morgan fingerprint density at radius 1 is 1.29 bits per heavy atom. The van der Waals surface area contributed by atoms with E-state index in [0.29, 0.717) is 6.54 Å². The highest BCUT2D eigenvalue weighted by atomic mass is 16.5. The molecule has 1 fully saturated rings. The molecular formula is C16H22N2O3. The van der Waals surface area contributed by atoms with Crippen molar-refractivity contribution >= 4 is 17.5 Å². The third kappa shape index (κ3) is 4.86. The number of para-hydroxylation sites is 1. The van der Waals surface area contributed by atoms with Crippen molar-refractivity contribution in [3.8, 4) is 0 Å². The van der Waals surface area contributed by atoms with Crippen LogP contribution in [0.2, 0.25) is 0 Å². The molecule has 5 nitrogen and oxygen atoms in total. The van der Waals surface area contributed by atoms with E-state index < -0.39 is 0 Å². The van der Waals surface area contributed by atoms with Crippen molar-refractivity contribution in [3.63, 3.8) is 0 Å². The van der Waals surface area contributed by atoms with Gasteiger partial charge in [-0.15, -0.1) is 0 Å². The van der Waals surface area contributed by atoms with Crippen molar-refractivity contribution in [1.29, 1.82) is 0 Å². The standard InChI is InChI=1S/C16H22N2O3/c1-2-12-6-3-4-8-14(12)18-16(20)10-15(19)17-11-13-7-5-9-21-13/h3-4,6,8,13H,2,5,7,9-11H2,1H3,(H,17,19)(H,18,20). The number of ether oxygens (including phenoxy) is 1. The predicted octanol–water partition coefficient (Wildman–Crippen LogP) is 1.87. The van der Waals surface area contributed by atoms with Crippen molar-refractivity contribution < 1.29 is 14.3 Å². The Balaban J connectivity index is 1.76. The monoisotopic (exact) mass is 290 g/mol. The number of aryl methyl sites for hydroxylation is 1. The minimum absolute atomic E-state index is 0.0952. The van der Waals surface area contributed by atoms with E-state index in [1.54, 1.807) is 0 Å². The Kier molecular flexibility index (Phi) is 5.75. The topological polar surface area (TPSA) is 67.4 Å². The van der Waals surface area contributed by atoms with Gasteiger partial charge >= 0.3 is 0 Å². The lowest BCUT2D eigenvalue weighted by Gasteiger charge is -2.12. The van der Waals surface area contributed by atoms with Crippen molar-refractivity contribution in [3.05, 3.63) is 29.8 Å². The van der Waals surface area contributed by atoms with Gasteiger partial charge in [0.2, 0.25) is 11.8 Å². The number of carbonyl (C=O) groups excluding carboxylic acids is 2. The summed E-state index contributed by atoms with van der Waals surface area (Å²) in [5.74, 6) is -0.558. The molecule has 2 N–H and O–H groups in total. The van der Waals surface area contributed by atoms with Crippen LogP contribution >= 0.6 is 0 Å². The van der Waals surface area contributed by atoms with Gasteiger partial charge in [0.1, 0.15) is 6.42 Å². The lowest BCUT2D eigenvalue weighted by molar-refractivity contribution is -0.127. The summed E-state index contributed by atoms with van der Waals surface area (Å²) in [5.41, 5.74) is 1.84. The van der Waals surface area contributed by atoms with Crippen LogP contribution in [0.4, 0.5) is 5.69 Å². The summed E-state index contributed by atoms with van der Waals surface area (Å²) >= 11 is 0.